The second-order valence-electron chi connectivity index (χ2n) is 3.14. The summed E-state index contributed by atoms with van der Waals surface area (Å²) in [4.78, 5) is 4.43. The molecule has 1 heterocycles. The van der Waals surface area contributed by atoms with Crippen LogP contribution in [0.2, 0.25) is 0 Å². The molecule has 2 nitrogen and oxygen atoms in total. The van der Waals surface area contributed by atoms with Crippen molar-refractivity contribution in [1.29, 1.82) is 0 Å². The van der Waals surface area contributed by atoms with Gasteiger partial charge in [0.05, 0.1) is 5.52 Å². The van der Waals surface area contributed by atoms with Crippen molar-refractivity contribution in [3.05, 3.63) is 41.6 Å². The van der Waals surface area contributed by atoms with E-state index in [4.69, 9.17) is 5.73 Å². The number of nitrogens with two attached hydrogens (primary N) is 1. The Morgan fingerprint density at radius 3 is 2.85 bits per heavy atom. The average Bonchev–Trinajstić information content (AvgIpc) is 2.16. The maximum Gasteiger partial charge on any atom is 0.0708 e. The number of fused-ring (bicyclic) bond motifs is 1. The van der Waals surface area contributed by atoms with E-state index >= 15 is 0 Å². The van der Waals surface area contributed by atoms with E-state index in [1.54, 1.807) is 0 Å². The van der Waals surface area contributed by atoms with Gasteiger partial charge in [-0.05, 0) is 24.6 Å². The SMILES string of the molecule is Cc1cc(CN)c2ccccc2n1. The summed E-state index contributed by atoms with van der Waals surface area (Å²) < 4.78 is 0. The lowest BCUT2D eigenvalue weighted by Gasteiger charge is -2.04. The van der Waals surface area contributed by atoms with Gasteiger partial charge in [-0.25, -0.2) is 0 Å². The minimum atomic E-state index is 0.573. The molecule has 0 radical (unpaired) electrons. The van der Waals surface area contributed by atoms with Gasteiger partial charge < -0.3 is 5.73 Å². The summed E-state index contributed by atoms with van der Waals surface area (Å²) in [7, 11) is 0. The molecule has 0 spiro atoms. The van der Waals surface area contributed by atoms with Crippen LogP contribution in [-0.2, 0) is 6.54 Å². The molecule has 0 atom stereocenters. The Hall–Kier alpha value is -1.41. The van der Waals surface area contributed by atoms with Crippen LogP contribution in [0.3, 0.4) is 0 Å². The van der Waals surface area contributed by atoms with E-state index in [1.165, 1.54) is 5.56 Å². The fraction of sp³-hybridized carbons (Fsp3) is 0.182. The van der Waals surface area contributed by atoms with Crippen molar-refractivity contribution in [2.45, 2.75) is 13.5 Å². The van der Waals surface area contributed by atoms with E-state index in [1.807, 2.05) is 31.2 Å². The van der Waals surface area contributed by atoms with Gasteiger partial charge >= 0.3 is 0 Å². The van der Waals surface area contributed by atoms with Crippen molar-refractivity contribution in [2.24, 2.45) is 5.73 Å². The van der Waals surface area contributed by atoms with E-state index in [0.29, 0.717) is 6.54 Å². The zero-order valence-electron chi connectivity index (χ0n) is 7.62. The number of rotatable bonds is 1. The predicted molar refractivity (Wildman–Crippen MR) is 54.4 cm³/mol. The van der Waals surface area contributed by atoms with Gasteiger partial charge in [-0.3, -0.25) is 4.98 Å². The fourth-order valence-electron chi connectivity index (χ4n) is 1.56. The number of nitrogens with zero attached hydrogens (tertiary/aromatic N) is 1. The van der Waals surface area contributed by atoms with Crippen molar-refractivity contribution in [2.75, 3.05) is 0 Å². The molecule has 0 bridgehead atoms. The summed E-state index contributed by atoms with van der Waals surface area (Å²) in [6.07, 6.45) is 0. The molecule has 66 valence electrons. The number of hydrogen-bond acceptors (Lipinski definition) is 2. The first-order valence-electron chi connectivity index (χ1n) is 4.36. The third-order valence-corrected chi connectivity index (χ3v) is 2.15. The average molecular weight is 172 g/mol. The first-order chi connectivity index (χ1) is 6.31. The Bertz CT molecular complexity index is 435. The Balaban J connectivity index is 2.81. The number of aryl methyl sites for hydroxylation is 1. The monoisotopic (exact) mass is 172 g/mol. The number of pyridine rings is 1. The van der Waals surface area contributed by atoms with E-state index in [9.17, 15) is 0 Å². The van der Waals surface area contributed by atoms with Crippen molar-refractivity contribution in [3.63, 3.8) is 0 Å². The Morgan fingerprint density at radius 2 is 2.08 bits per heavy atom. The van der Waals surface area contributed by atoms with Gasteiger partial charge in [-0.1, -0.05) is 18.2 Å². The highest BCUT2D eigenvalue weighted by Gasteiger charge is 2.00. The van der Waals surface area contributed by atoms with Crippen molar-refractivity contribution in [3.8, 4) is 0 Å². The first kappa shape index (κ1) is 8.20. The van der Waals surface area contributed by atoms with Crippen LogP contribution in [0, 0.1) is 6.92 Å². The molecule has 13 heavy (non-hydrogen) atoms. The summed E-state index contributed by atoms with van der Waals surface area (Å²) in [5, 5.41) is 1.16. The van der Waals surface area contributed by atoms with Crippen LogP contribution in [0.5, 0.6) is 0 Å². The lowest BCUT2D eigenvalue weighted by Crippen LogP contribution is -1.99. The molecule has 2 heteroatoms. The Kier molecular flexibility index (Phi) is 1.99. The summed E-state index contributed by atoms with van der Waals surface area (Å²) in [5.74, 6) is 0. The molecule has 0 unspecified atom stereocenters. The van der Waals surface area contributed by atoms with Crippen LogP contribution in [0.15, 0.2) is 30.3 Å². The van der Waals surface area contributed by atoms with Crippen molar-refractivity contribution in [1.82, 2.24) is 4.98 Å². The molecule has 0 aliphatic carbocycles. The molecule has 0 saturated carbocycles. The quantitative estimate of drug-likeness (QED) is 0.714. The first-order valence-corrected chi connectivity index (χ1v) is 4.36. The van der Waals surface area contributed by atoms with Crippen LogP contribution < -0.4 is 5.73 Å². The van der Waals surface area contributed by atoms with E-state index < -0.39 is 0 Å². The van der Waals surface area contributed by atoms with Gasteiger partial charge in [0.15, 0.2) is 0 Å². The molecule has 1 aromatic carbocycles. The lowest BCUT2D eigenvalue weighted by atomic mass is 10.1. The number of aromatic nitrogens is 1. The molecule has 0 aliphatic rings. The van der Waals surface area contributed by atoms with Gasteiger partial charge in [-0.2, -0.15) is 0 Å². The van der Waals surface area contributed by atoms with Gasteiger partial charge in [0.25, 0.3) is 0 Å². The topological polar surface area (TPSA) is 38.9 Å². The zero-order chi connectivity index (χ0) is 9.26. The number of hydrogen-bond donors (Lipinski definition) is 1. The molecule has 0 fully saturated rings. The highest BCUT2D eigenvalue weighted by molar-refractivity contribution is 5.82. The fourth-order valence-corrected chi connectivity index (χ4v) is 1.56. The van der Waals surface area contributed by atoms with E-state index in [2.05, 4.69) is 11.1 Å². The normalized spacial score (nSPS) is 10.6. The summed E-state index contributed by atoms with van der Waals surface area (Å²) in [5.41, 5.74) is 8.88. The summed E-state index contributed by atoms with van der Waals surface area (Å²) >= 11 is 0. The maximum absolute atomic E-state index is 5.66. The van der Waals surface area contributed by atoms with Crippen LogP contribution in [0.4, 0.5) is 0 Å². The van der Waals surface area contributed by atoms with Crippen LogP contribution in [0.25, 0.3) is 10.9 Å². The van der Waals surface area contributed by atoms with Crippen LogP contribution >= 0.6 is 0 Å². The smallest absolute Gasteiger partial charge is 0.0708 e. The van der Waals surface area contributed by atoms with Gasteiger partial charge in [0.2, 0.25) is 0 Å². The third-order valence-electron chi connectivity index (χ3n) is 2.15. The molecular weight excluding hydrogens is 160 g/mol. The molecule has 0 amide bonds. The van der Waals surface area contributed by atoms with Gasteiger partial charge in [-0.15, -0.1) is 0 Å². The zero-order valence-corrected chi connectivity index (χ0v) is 7.62. The van der Waals surface area contributed by atoms with Gasteiger partial charge in [0, 0.05) is 17.6 Å². The third kappa shape index (κ3) is 1.40. The Labute approximate surface area is 77.4 Å². The molecule has 2 N–H and O–H groups in total. The molecular formula is C11H12N2. The minimum Gasteiger partial charge on any atom is -0.326 e. The van der Waals surface area contributed by atoms with Crippen LogP contribution in [0.1, 0.15) is 11.3 Å². The van der Waals surface area contributed by atoms with E-state index in [0.717, 1.165) is 16.6 Å². The minimum absolute atomic E-state index is 0.573. The standard InChI is InChI=1S/C11H12N2/c1-8-6-9(7-12)10-4-2-3-5-11(10)13-8/h2-6H,7,12H2,1H3. The van der Waals surface area contributed by atoms with Crippen molar-refractivity contribution >= 4 is 10.9 Å². The second-order valence-corrected chi connectivity index (χ2v) is 3.14. The summed E-state index contributed by atoms with van der Waals surface area (Å²) in [6, 6.07) is 10.1. The lowest BCUT2D eigenvalue weighted by molar-refractivity contribution is 1.07. The highest BCUT2D eigenvalue weighted by Crippen LogP contribution is 2.17. The van der Waals surface area contributed by atoms with E-state index in [-0.39, 0.29) is 0 Å². The predicted octanol–water partition coefficient (Wildman–Crippen LogP) is 2.00. The highest BCUT2D eigenvalue weighted by atomic mass is 14.7. The maximum atomic E-state index is 5.66. The number of para-hydroxylation sites is 1. The molecule has 0 saturated heterocycles. The second kappa shape index (κ2) is 3.15. The molecule has 2 rings (SSSR count). The van der Waals surface area contributed by atoms with Crippen LogP contribution in [-0.4, -0.2) is 4.98 Å². The largest absolute Gasteiger partial charge is 0.326 e. The molecule has 0 aliphatic heterocycles. The molecule has 2 aromatic rings. The van der Waals surface area contributed by atoms with Gasteiger partial charge in [0.1, 0.15) is 0 Å². The number of benzene rings is 1. The Morgan fingerprint density at radius 1 is 1.31 bits per heavy atom. The van der Waals surface area contributed by atoms with Crippen molar-refractivity contribution < 1.29 is 0 Å². The summed E-state index contributed by atoms with van der Waals surface area (Å²) in [6.45, 7) is 2.56. The molecule has 1 aromatic heterocycles.